The minimum atomic E-state index is -1.01. The second-order valence-electron chi connectivity index (χ2n) is 13.7. The minimum Gasteiger partial charge on any atom is -0.436 e. The maximum Gasteiger partial charge on any atom is 0.410 e. The van der Waals surface area contributed by atoms with Crippen LogP contribution in [0.15, 0.2) is 36.4 Å². The number of hydrogen-bond donors (Lipinski definition) is 1. The minimum absolute atomic E-state index is 0.00417. The van der Waals surface area contributed by atoms with Gasteiger partial charge in [0, 0.05) is 90.1 Å². The van der Waals surface area contributed by atoms with Crippen LogP contribution in [0.2, 0.25) is 0 Å². The van der Waals surface area contributed by atoms with Crippen molar-refractivity contribution in [3.05, 3.63) is 58.7 Å². The number of likely N-dealkylation sites (tertiary alicyclic amines) is 1. The fraction of sp³-hybridized carbons (Fsp3) is 0.568. The fourth-order valence-corrected chi connectivity index (χ4v) is 7.71. The highest BCUT2D eigenvalue weighted by molar-refractivity contribution is 5.91. The second kappa shape index (κ2) is 15.6. The highest BCUT2D eigenvalue weighted by Crippen LogP contribution is 2.28. The van der Waals surface area contributed by atoms with E-state index in [-0.39, 0.29) is 24.4 Å². The van der Waals surface area contributed by atoms with E-state index < -0.39 is 18.2 Å². The zero-order chi connectivity index (χ0) is 34.5. The molecule has 264 valence electrons. The second-order valence-corrected chi connectivity index (χ2v) is 13.7. The Balaban J connectivity index is 1.11. The van der Waals surface area contributed by atoms with Crippen molar-refractivity contribution in [1.82, 2.24) is 19.6 Å². The zero-order valence-corrected chi connectivity index (χ0v) is 28.9. The van der Waals surface area contributed by atoms with Crippen LogP contribution in [0.3, 0.4) is 0 Å². The van der Waals surface area contributed by atoms with Gasteiger partial charge in [-0.3, -0.25) is 14.5 Å². The van der Waals surface area contributed by atoms with E-state index in [0.29, 0.717) is 57.4 Å². The van der Waals surface area contributed by atoms with Gasteiger partial charge < -0.3 is 34.2 Å². The van der Waals surface area contributed by atoms with Crippen LogP contribution in [-0.4, -0.2) is 121 Å². The maximum atomic E-state index is 14.1. The molecule has 6 rings (SSSR count). The number of urea groups is 1. The van der Waals surface area contributed by atoms with Gasteiger partial charge >= 0.3 is 18.1 Å². The van der Waals surface area contributed by atoms with Crippen molar-refractivity contribution < 1.29 is 33.4 Å². The molecule has 4 amide bonds. The van der Waals surface area contributed by atoms with Crippen LogP contribution < -0.4 is 10.1 Å². The van der Waals surface area contributed by atoms with Crippen LogP contribution in [-0.2, 0) is 31.9 Å². The van der Waals surface area contributed by atoms with E-state index in [1.807, 2.05) is 60.0 Å². The Morgan fingerprint density at radius 3 is 2.22 bits per heavy atom. The molecule has 4 heterocycles. The summed E-state index contributed by atoms with van der Waals surface area (Å²) in [5, 5.41) is 3.04. The van der Waals surface area contributed by atoms with Crippen molar-refractivity contribution in [3.63, 3.8) is 0 Å². The summed E-state index contributed by atoms with van der Waals surface area (Å²) in [5.74, 6) is -0.0913. The molecule has 0 aromatic heterocycles. The van der Waals surface area contributed by atoms with Gasteiger partial charge in [0.25, 0.3) is 5.91 Å². The number of nitrogens with one attached hydrogen (secondary N) is 1. The third-order valence-electron chi connectivity index (χ3n) is 10.3. The topological polar surface area (TPSA) is 121 Å². The molecule has 12 nitrogen and oxygen atoms in total. The molecule has 0 unspecified atom stereocenters. The van der Waals surface area contributed by atoms with E-state index in [1.165, 1.54) is 6.92 Å². The molecule has 4 aliphatic heterocycles. The van der Waals surface area contributed by atoms with Gasteiger partial charge in [0.15, 0.2) is 6.10 Å². The van der Waals surface area contributed by atoms with Gasteiger partial charge in [-0.25, -0.2) is 9.59 Å². The number of anilines is 1. The Bertz CT molecular complexity index is 1500. The number of rotatable bonds is 7. The molecule has 2 aromatic carbocycles. The Labute approximate surface area is 288 Å². The Kier molecular flexibility index (Phi) is 11.0. The number of esters is 1. The highest BCUT2D eigenvalue weighted by Gasteiger charge is 2.36. The third-order valence-corrected chi connectivity index (χ3v) is 10.3. The molecular weight excluding hydrogens is 626 g/mol. The lowest BCUT2D eigenvalue weighted by Gasteiger charge is -2.41. The number of amides is 4. The molecule has 0 saturated carbocycles. The molecule has 0 spiro atoms. The van der Waals surface area contributed by atoms with E-state index in [1.54, 1.807) is 4.90 Å². The monoisotopic (exact) mass is 675 g/mol. The van der Waals surface area contributed by atoms with Gasteiger partial charge in [-0.1, -0.05) is 30.3 Å². The van der Waals surface area contributed by atoms with E-state index >= 15 is 0 Å². The van der Waals surface area contributed by atoms with Crippen LogP contribution >= 0.6 is 0 Å². The summed E-state index contributed by atoms with van der Waals surface area (Å²) in [5.41, 5.74) is 4.34. The molecule has 1 atom stereocenters. The quantitative estimate of drug-likeness (QED) is 0.344. The van der Waals surface area contributed by atoms with Crippen molar-refractivity contribution in [2.75, 3.05) is 64.3 Å². The number of hydrogen-bond acceptors (Lipinski definition) is 8. The fourth-order valence-electron chi connectivity index (χ4n) is 7.71. The summed E-state index contributed by atoms with van der Waals surface area (Å²) in [6.45, 7) is 10.8. The van der Waals surface area contributed by atoms with Gasteiger partial charge in [-0.05, 0) is 74.3 Å². The summed E-state index contributed by atoms with van der Waals surface area (Å²) in [7, 11) is 0. The first kappa shape index (κ1) is 34.7. The number of benzene rings is 2. The first-order valence-electron chi connectivity index (χ1n) is 17.7. The van der Waals surface area contributed by atoms with Crippen molar-refractivity contribution in [3.8, 4) is 5.75 Å². The van der Waals surface area contributed by atoms with Gasteiger partial charge in [0.1, 0.15) is 5.75 Å². The average Bonchev–Trinajstić information content (AvgIpc) is 3.27. The predicted octanol–water partition coefficient (Wildman–Crippen LogP) is 4.15. The lowest BCUT2D eigenvalue weighted by atomic mass is 10.00. The number of piperidine rings is 1. The summed E-state index contributed by atoms with van der Waals surface area (Å²) in [6.07, 6.45) is 2.71. The first-order valence-corrected chi connectivity index (χ1v) is 17.7. The van der Waals surface area contributed by atoms with Crippen LogP contribution in [0, 0.1) is 13.8 Å². The van der Waals surface area contributed by atoms with Gasteiger partial charge in [-0.2, -0.15) is 0 Å². The zero-order valence-electron chi connectivity index (χ0n) is 28.9. The predicted molar refractivity (Wildman–Crippen MR) is 184 cm³/mol. The number of para-hydroxylation sites is 1. The third kappa shape index (κ3) is 8.36. The smallest absolute Gasteiger partial charge is 0.410 e. The molecule has 0 bridgehead atoms. The summed E-state index contributed by atoms with van der Waals surface area (Å²) >= 11 is 0. The molecule has 0 aliphatic carbocycles. The van der Waals surface area contributed by atoms with Crippen LogP contribution in [0.5, 0.6) is 5.75 Å². The Morgan fingerprint density at radius 1 is 0.878 bits per heavy atom. The summed E-state index contributed by atoms with van der Waals surface area (Å²) < 4.78 is 17.0. The number of fused-ring (bicyclic) bond motifs is 1. The number of piperazine rings is 1. The van der Waals surface area contributed by atoms with E-state index in [9.17, 15) is 19.2 Å². The highest BCUT2D eigenvalue weighted by atomic mass is 16.6. The number of aryl methyl sites for hydroxylation is 2. The lowest BCUT2D eigenvalue weighted by Crippen LogP contribution is -2.56. The molecule has 4 aliphatic rings. The van der Waals surface area contributed by atoms with Gasteiger partial charge in [0.05, 0.1) is 0 Å². The molecule has 12 heteroatoms. The maximum absolute atomic E-state index is 14.1. The van der Waals surface area contributed by atoms with Crippen molar-refractivity contribution in [2.24, 2.45) is 0 Å². The molecule has 0 radical (unpaired) electrons. The number of carbonyl (C=O) groups is 4. The SMILES string of the molecule is CC(=O)Oc1c(C)cc(C[C@@H](OC(=O)N2CCC(N3CCc4ccccc4NC3=O)CC2)C(=O)N2CCN(C3CCOCC3)CC2)cc1C. The van der Waals surface area contributed by atoms with Crippen LogP contribution in [0.1, 0.15) is 54.9 Å². The average molecular weight is 676 g/mol. The van der Waals surface area contributed by atoms with Gasteiger partial charge in [-0.15, -0.1) is 0 Å². The molecule has 3 saturated heterocycles. The first-order chi connectivity index (χ1) is 23.7. The van der Waals surface area contributed by atoms with Crippen molar-refractivity contribution in [2.45, 2.75) is 77.5 Å². The number of ether oxygens (including phenoxy) is 3. The van der Waals surface area contributed by atoms with E-state index in [4.69, 9.17) is 14.2 Å². The Hall–Kier alpha value is -4.16. The largest absolute Gasteiger partial charge is 0.436 e. The molecule has 49 heavy (non-hydrogen) atoms. The molecule has 3 fully saturated rings. The Morgan fingerprint density at radius 2 is 1.55 bits per heavy atom. The van der Waals surface area contributed by atoms with Crippen LogP contribution in [0.25, 0.3) is 0 Å². The van der Waals surface area contributed by atoms with E-state index in [2.05, 4.69) is 10.2 Å². The normalized spacial score (nSPS) is 20.2. The summed E-state index contributed by atoms with van der Waals surface area (Å²) in [6, 6.07) is 12.0. The van der Waals surface area contributed by atoms with Crippen LogP contribution in [0.4, 0.5) is 15.3 Å². The summed E-state index contributed by atoms with van der Waals surface area (Å²) in [4.78, 5) is 60.3. The number of nitrogens with zero attached hydrogens (tertiary/aromatic N) is 4. The standard InChI is InChI=1S/C37H49N5O7/c1-25-22-28(23-26(2)34(25)48-27(3)43)24-33(35(44)40-18-16-39(17-19-40)30-11-20-47-21-12-30)49-37(46)41-13-9-31(10-14-41)42-15-8-29-6-4-5-7-32(29)38-36(42)45/h4-7,22-23,30-31,33H,8-21,24H2,1-3H3,(H,38,45)/t33-/m1/s1. The number of carbonyl (C=O) groups excluding carboxylic acids is 4. The molecule has 2 aromatic rings. The molecule has 1 N–H and O–H groups in total. The molecular formula is C37H49N5O7. The van der Waals surface area contributed by atoms with Crippen molar-refractivity contribution >= 4 is 29.7 Å². The van der Waals surface area contributed by atoms with Gasteiger partial charge in [0.2, 0.25) is 0 Å². The van der Waals surface area contributed by atoms with E-state index in [0.717, 1.165) is 73.5 Å². The lowest BCUT2D eigenvalue weighted by molar-refractivity contribution is -0.143. The van der Waals surface area contributed by atoms with Crippen molar-refractivity contribution in [1.29, 1.82) is 0 Å².